The zero-order chi connectivity index (χ0) is 11.5. The maximum Gasteiger partial charge on any atom is 0.163 e. The average Bonchev–Trinajstić information content (AvgIpc) is 2.68. The summed E-state index contributed by atoms with van der Waals surface area (Å²) in [5, 5.41) is 0. The number of aryl methyl sites for hydroxylation is 2. The molecule has 0 spiro atoms. The minimum atomic E-state index is 0.332. The predicted molar refractivity (Wildman–Crippen MR) is 66.8 cm³/mol. The van der Waals surface area contributed by atoms with Crippen molar-refractivity contribution < 1.29 is 4.79 Å². The van der Waals surface area contributed by atoms with Crippen LogP contribution >= 0.6 is 0 Å². The molecule has 0 bridgehead atoms. The van der Waals surface area contributed by atoms with Gasteiger partial charge in [0, 0.05) is 12.0 Å². The third kappa shape index (κ3) is 2.72. The molecule has 16 heavy (non-hydrogen) atoms. The maximum absolute atomic E-state index is 12.1. The van der Waals surface area contributed by atoms with Crippen LogP contribution in [0.1, 0.15) is 53.6 Å². The highest BCUT2D eigenvalue weighted by molar-refractivity contribution is 5.96. The van der Waals surface area contributed by atoms with Crippen LogP contribution in [0.3, 0.4) is 0 Å². The van der Waals surface area contributed by atoms with Gasteiger partial charge in [-0.3, -0.25) is 4.79 Å². The summed E-state index contributed by atoms with van der Waals surface area (Å²) in [6.45, 7) is 4.11. The van der Waals surface area contributed by atoms with Crippen LogP contribution in [0.15, 0.2) is 18.2 Å². The first-order valence-corrected chi connectivity index (χ1v) is 6.26. The van der Waals surface area contributed by atoms with Gasteiger partial charge >= 0.3 is 0 Å². The van der Waals surface area contributed by atoms with E-state index in [1.807, 2.05) is 12.1 Å². The van der Waals surface area contributed by atoms with E-state index in [0.717, 1.165) is 12.0 Å². The van der Waals surface area contributed by atoms with Gasteiger partial charge in [-0.15, -0.1) is 0 Å². The van der Waals surface area contributed by atoms with Crippen molar-refractivity contribution in [2.75, 3.05) is 0 Å². The van der Waals surface area contributed by atoms with Crippen LogP contribution in [0.4, 0.5) is 0 Å². The highest BCUT2D eigenvalue weighted by Gasteiger charge is 2.19. The zero-order valence-corrected chi connectivity index (χ0v) is 10.3. The Morgan fingerprint density at radius 1 is 1.12 bits per heavy atom. The Kier molecular flexibility index (Phi) is 3.42. The number of hydrogen-bond donors (Lipinski definition) is 0. The zero-order valence-electron chi connectivity index (χ0n) is 10.3. The molecular formula is C15H20O. The summed E-state index contributed by atoms with van der Waals surface area (Å²) in [5.74, 6) is 0.979. The van der Waals surface area contributed by atoms with Crippen LogP contribution in [0.2, 0.25) is 0 Å². The van der Waals surface area contributed by atoms with Crippen molar-refractivity contribution in [3.05, 3.63) is 34.9 Å². The molecule has 0 aromatic heterocycles. The molecule has 0 N–H and O–H groups in total. The molecule has 0 aliphatic heterocycles. The molecule has 0 heterocycles. The van der Waals surface area contributed by atoms with Crippen molar-refractivity contribution in [2.45, 2.75) is 46.0 Å². The normalized spacial score (nSPS) is 16.6. The molecule has 0 radical (unpaired) electrons. The summed E-state index contributed by atoms with van der Waals surface area (Å²) in [6.07, 6.45) is 5.87. The minimum absolute atomic E-state index is 0.332. The molecule has 1 fully saturated rings. The van der Waals surface area contributed by atoms with Crippen molar-refractivity contribution in [1.82, 2.24) is 0 Å². The first-order chi connectivity index (χ1) is 7.65. The lowest BCUT2D eigenvalue weighted by Gasteiger charge is -2.09. The SMILES string of the molecule is Cc1cc(C)cc(C(=O)CC2CCCC2)c1. The van der Waals surface area contributed by atoms with E-state index in [-0.39, 0.29) is 0 Å². The van der Waals surface area contributed by atoms with Gasteiger partial charge in [-0.05, 0) is 31.9 Å². The molecular weight excluding hydrogens is 196 g/mol. The van der Waals surface area contributed by atoms with Crippen LogP contribution in [0, 0.1) is 19.8 Å². The molecule has 1 aliphatic rings. The Hall–Kier alpha value is -1.11. The maximum atomic E-state index is 12.1. The Balaban J connectivity index is 2.07. The molecule has 0 unspecified atom stereocenters. The van der Waals surface area contributed by atoms with E-state index in [4.69, 9.17) is 0 Å². The summed E-state index contributed by atoms with van der Waals surface area (Å²) in [4.78, 5) is 12.1. The summed E-state index contributed by atoms with van der Waals surface area (Å²) in [6, 6.07) is 6.15. The lowest BCUT2D eigenvalue weighted by molar-refractivity contribution is 0.0962. The predicted octanol–water partition coefficient (Wildman–Crippen LogP) is 4.07. The number of rotatable bonds is 3. The van der Waals surface area contributed by atoms with E-state index in [1.54, 1.807) is 0 Å². The van der Waals surface area contributed by atoms with Crippen LogP contribution in [0.5, 0.6) is 0 Å². The quantitative estimate of drug-likeness (QED) is 0.696. The van der Waals surface area contributed by atoms with E-state index in [0.29, 0.717) is 11.7 Å². The number of ketones is 1. The van der Waals surface area contributed by atoms with Crippen LogP contribution in [-0.2, 0) is 0 Å². The molecule has 0 atom stereocenters. The van der Waals surface area contributed by atoms with Gasteiger partial charge in [0.05, 0.1) is 0 Å². The molecule has 1 heteroatoms. The standard InChI is InChI=1S/C15H20O/c1-11-7-12(2)9-14(8-11)15(16)10-13-5-3-4-6-13/h7-9,13H,3-6,10H2,1-2H3. The third-order valence-corrected chi connectivity index (χ3v) is 3.49. The van der Waals surface area contributed by atoms with Gasteiger partial charge in [0.15, 0.2) is 5.78 Å². The monoisotopic (exact) mass is 216 g/mol. The van der Waals surface area contributed by atoms with Crippen molar-refractivity contribution in [2.24, 2.45) is 5.92 Å². The van der Waals surface area contributed by atoms with E-state index < -0.39 is 0 Å². The van der Waals surface area contributed by atoms with Crippen LogP contribution < -0.4 is 0 Å². The molecule has 0 amide bonds. The summed E-state index contributed by atoms with van der Waals surface area (Å²) < 4.78 is 0. The smallest absolute Gasteiger partial charge is 0.163 e. The van der Waals surface area contributed by atoms with Crippen molar-refractivity contribution in [3.63, 3.8) is 0 Å². The van der Waals surface area contributed by atoms with Gasteiger partial charge < -0.3 is 0 Å². The van der Waals surface area contributed by atoms with Crippen molar-refractivity contribution in [3.8, 4) is 0 Å². The van der Waals surface area contributed by atoms with Crippen LogP contribution in [-0.4, -0.2) is 5.78 Å². The number of carbonyl (C=O) groups excluding carboxylic acids is 1. The fourth-order valence-corrected chi connectivity index (χ4v) is 2.73. The topological polar surface area (TPSA) is 17.1 Å². The van der Waals surface area contributed by atoms with Gasteiger partial charge in [0.2, 0.25) is 0 Å². The first kappa shape index (κ1) is 11.4. The molecule has 2 rings (SSSR count). The lowest BCUT2D eigenvalue weighted by atomic mass is 9.95. The van der Waals surface area contributed by atoms with E-state index in [9.17, 15) is 4.79 Å². The molecule has 0 saturated heterocycles. The molecule has 86 valence electrons. The highest BCUT2D eigenvalue weighted by atomic mass is 16.1. The van der Waals surface area contributed by atoms with Gasteiger partial charge in [-0.25, -0.2) is 0 Å². The van der Waals surface area contributed by atoms with Gasteiger partial charge in [0.1, 0.15) is 0 Å². The van der Waals surface area contributed by atoms with Crippen molar-refractivity contribution >= 4 is 5.78 Å². The summed E-state index contributed by atoms with van der Waals surface area (Å²) in [7, 11) is 0. The van der Waals surface area contributed by atoms with Gasteiger partial charge in [-0.1, -0.05) is 42.9 Å². The fraction of sp³-hybridized carbons (Fsp3) is 0.533. The molecule has 1 nitrogen and oxygen atoms in total. The van der Waals surface area contributed by atoms with Crippen LogP contribution in [0.25, 0.3) is 0 Å². The summed E-state index contributed by atoms with van der Waals surface area (Å²) in [5.41, 5.74) is 3.29. The Morgan fingerprint density at radius 3 is 2.25 bits per heavy atom. The average molecular weight is 216 g/mol. The van der Waals surface area contributed by atoms with Gasteiger partial charge in [-0.2, -0.15) is 0 Å². The van der Waals surface area contributed by atoms with E-state index >= 15 is 0 Å². The molecule has 1 saturated carbocycles. The van der Waals surface area contributed by atoms with E-state index in [2.05, 4.69) is 19.9 Å². The first-order valence-electron chi connectivity index (χ1n) is 6.26. The second-order valence-electron chi connectivity index (χ2n) is 5.15. The lowest BCUT2D eigenvalue weighted by Crippen LogP contribution is -2.06. The Morgan fingerprint density at radius 2 is 1.69 bits per heavy atom. The Bertz CT molecular complexity index is 366. The second-order valence-corrected chi connectivity index (χ2v) is 5.15. The molecule has 1 aromatic rings. The highest BCUT2D eigenvalue weighted by Crippen LogP contribution is 2.28. The number of benzene rings is 1. The molecule has 1 aliphatic carbocycles. The third-order valence-electron chi connectivity index (χ3n) is 3.49. The second kappa shape index (κ2) is 4.82. The fourth-order valence-electron chi connectivity index (χ4n) is 2.73. The summed E-state index contributed by atoms with van der Waals surface area (Å²) >= 11 is 0. The Labute approximate surface area is 97.9 Å². The number of Topliss-reactive ketones (excluding diaryl/α,β-unsaturated/α-hetero) is 1. The van der Waals surface area contributed by atoms with E-state index in [1.165, 1.54) is 36.8 Å². The minimum Gasteiger partial charge on any atom is -0.294 e. The largest absolute Gasteiger partial charge is 0.294 e. The number of hydrogen-bond acceptors (Lipinski definition) is 1. The van der Waals surface area contributed by atoms with Gasteiger partial charge in [0.25, 0.3) is 0 Å². The van der Waals surface area contributed by atoms with Crippen molar-refractivity contribution in [1.29, 1.82) is 0 Å². The number of carbonyl (C=O) groups is 1. The molecule has 1 aromatic carbocycles.